The Balaban J connectivity index is 1.60. The highest BCUT2D eigenvalue weighted by molar-refractivity contribution is 7.15. The Morgan fingerprint density at radius 3 is 2.92 bits per heavy atom. The number of nitrogens with zero attached hydrogens (tertiary/aromatic N) is 4. The number of halogens is 1. The van der Waals surface area contributed by atoms with E-state index in [4.69, 9.17) is 11.6 Å². The van der Waals surface area contributed by atoms with Gasteiger partial charge in [-0.2, -0.15) is 5.10 Å². The number of rotatable bonds is 4. The van der Waals surface area contributed by atoms with Gasteiger partial charge in [0.1, 0.15) is 17.8 Å². The van der Waals surface area contributed by atoms with Crippen LogP contribution < -0.4 is 5.32 Å². The predicted molar refractivity (Wildman–Crippen MR) is 91.1 cm³/mol. The third-order valence-electron chi connectivity index (χ3n) is 3.46. The van der Waals surface area contributed by atoms with E-state index >= 15 is 0 Å². The van der Waals surface area contributed by atoms with Crippen molar-refractivity contribution < 1.29 is 4.79 Å². The van der Waals surface area contributed by atoms with Gasteiger partial charge in [-0.25, -0.2) is 9.97 Å². The lowest BCUT2D eigenvalue weighted by atomic mass is 10.2. The maximum Gasteiger partial charge on any atom is 0.269 e. The molecule has 1 amide bonds. The summed E-state index contributed by atoms with van der Waals surface area (Å²) in [4.78, 5) is 21.7. The van der Waals surface area contributed by atoms with Crippen molar-refractivity contribution >= 4 is 33.8 Å². The van der Waals surface area contributed by atoms with E-state index < -0.39 is 0 Å². The van der Waals surface area contributed by atoms with Crippen molar-refractivity contribution in [3.8, 4) is 11.3 Å². The number of thiazole rings is 1. The molecule has 0 aliphatic heterocycles. The Hall–Kier alpha value is -2.71. The van der Waals surface area contributed by atoms with E-state index in [1.54, 1.807) is 9.78 Å². The number of carbonyl (C=O) groups is 1. The molecular weight excluding hydrogens is 348 g/mol. The zero-order valence-corrected chi connectivity index (χ0v) is 13.8. The number of aromatic nitrogens is 5. The van der Waals surface area contributed by atoms with Crippen molar-refractivity contribution in [3.63, 3.8) is 0 Å². The van der Waals surface area contributed by atoms with Gasteiger partial charge in [-0.15, -0.1) is 11.3 Å². The number of H-pyrrole nitrogens is 1. The monoisotopic (exact) mass is 358 g/mol. The number of fused-ring (bicyclic) bond motifs is 1. The van der Waals surface area contributed by atoms with E-state index in [0.717, 1.165) is 16.2 Å². The lowest BCUT2D eigenvalue weighted by molar-refractivity contribution is 0.0944. The number of nitrogens with one attached hydrogen (secondary N) is 2. The normalized spacial score (nSPS) is 11.0. The Bertz CT molecular complexity index is 989. The Morgan fingerprint density at radius 1 is 1.33 bits per heavy atom. The van der Waals surface area contributed by atoms with Gasteiger partial charge >= 0.3 is 0 Å². The van der Waals surface area contributed by atoms with Crippen molar-refractivity contribution in [2.75, 3.05) is 0 Å². The molecule has 3 aromatic heterocycles. The second-order valence-corrected chi connectivity index (χ2v) is 6.29. The van der Waals surface area contributed by atoms with Crippen LogP contribution in [0.5, 0.6) is 0 Å². The van der Waals surface area contributed by atoms with Crippen molar-refractivity contribution in [3.05, 3.63) is 58.7 Å². The predicted octanol–water partition coefficient (Wildman–Crippen LogP) is 2.76. The summed E-state index contributed by atoms with van der Waals surface area (Å²) in [5.41, 5.74) is 2.27. The Kier molecular flexibility index (Phi) is 3.75. The first-order valence-electron chi connectivity index (χ1n) is 7.05. The van der Waals surface area contributed by atoms with Gasteiger partial charge in [0.05, 0.1) is 12.2 Å². The minimum Gasteiger partial charge on any atom is -0.343 e. The first-order chi connectivity index (χ1) is 11.7. The van der Waals surface area contributed by atoms with Crippen LogP contribution in [0.15, 0.2) is 42.2 Å². The van der Waals surface area contributed by atoms with E-state index in [-0.39, 0.29) is 12.5 Å². The molecule has 1 aromatic carbocycles. The summed E-state index contributed by atoms with van der Waals surface area (Å²) in [5.74, 6) is 0.403. The highest BCUT2D eigenvalue weighted by Crippen LogP contribution is 2.24. The van der Waals surface area contributed by atoms with Crippen LogP contribution in [0, 0.1) is 0 Å². The van der Waals surface area contributed by atoms with Crippen molar-refractivity contribution in [1.29, 1.82) is 0 Å². The number of benzene rings is 1. The fourth-order valence-electron chi connectivity index (χ4n) is 2.28. The zero-order valence-electron chi connectivity index (χ0n) is 12.2. The van der Waals surface area contributed by atoms with Crippen LogP contribution in [0.1, 0.15) is 16.3 Å². The summed E-state index contributed by atoms with van der Waals surface area (Å²) in [7, 11) is 0. The van der Waals surface area contributed by atoms with Crippen LogP contribution in [-0.4, -0.2) is 30.5 Å². The van der Waals surface area contributed by atoms with Gasteiger partial charge in [0, 0.05) is 22.2 Å². The smallest absolute Gasteiger partial charge is 0.269 e. The lowest BCUT2D eigenvalue weighted by Crippen LogP contribution is -2.24. The first-order valence-corrected chi connectivity index (χ1v) is 8.31. The van der Waals surface area contributed by atoms with E-state index in [9.17, 15) is 4.79 Å². The van der Waals surface area contributed by atoms with Gasteiger partial charge in [0.15, 0.2) is 4.96 Å². The van der Waals surface area contributed by atoms with Crippen LogP contribution in [0.3, 0.4) is 0 Å². The van der Waals surface area contributed by atoms with Gasteiger partial charge in [-0.05, 0) is 12.1 Å². The standard InChI is InChI=1S/C15H11ClN6OS/c16-10-3-1-9(2-4-10)11-6-22-12(7-24-15(22)20-11)14(23)17-5-13-18-8-19-21-13/h1-4,6-8H,5H2,(H,17,23)(H,18,19,21). The molecule has 4 aromatic rings. The van der Waals surface area contributed by atoms with E-state index in [1.165, 1.54) is 17.7 Å². The van der Waals surface area contributed by atoms with Crippen molar-refractivity contribution in [1.82, 2.24) is 29.9 Å². The molecule has 0 atom stereocenters. The molecule has 0 radical (unpaired) electrons. The molecule has 3 heterocycles. The molecule has 0 spiro atoms. The molecule has 0 fully saturated rings. The lowest BCUT2D eigenvalue weighted by Gasteiger charge is -2.01. The second-order valence-electron chi connectivity index (χ2n) is 5.02. The third kappa shape index (κ3) is 2.77. The molecular formula is C15H11ClN6OS. The van der Waals surface area contributed by atoms with Crippen LogP contribution in [0.4, 0.5) is 0 Å². The summed E-state index contributed by atoms with van der Waals surface area (Å²) in [5, 5.41) is 11.7. The third-order valence-corrected chi connectivity index (χ3v) is 4.55. The number of aromatic amines is 1. The summed E-state index contributed by atoms with van der Waals surface area (Å²) < 4.78 is 1.78. The van der Waals surface area contributed by atoms with Crippen LogP contribution in [-0.2, 0) is 6.54 Å². The van der Waals surface area contributed by atoms with Gasteiger partial charge in [-0.3, -0.25) is 14.3 Å². The molecule has 0 aliphatic carbocycles. The van der Waals surface area contributed by atoms with Crippen LogP contribution in [0.25, 0.3) is 16.2 Å². The highest BCUT2D eigenvalue weighted by atomic mass is 35.5. The van der Waals surface area contributed by atoms with E-state index in [1.807, 2.05) is 30.5 Å². The second kappa shape index (κ2) is 6.06. The largest absolute Gasteiger partial charge is 0.343 e. The molecule has 7 nitrogen and oxygen atoms in total. The Morgan fingerprint density at radius 2 is 2.17 bits per heavy atom. The number of hydrogen-bond acceptors (Lipinski definition) is 5. The fourth-order valence-corrected chi connectivity index (χ4v) is 3.26. The maximum absolute atomic E-state index is 12.4. The highest BCUT2D eigenvalue weighted by Gasteiger charge is 2.15. The van der Waals surface area contributed by atoms with Crippen molar-refractivity contribution in [2.45, 2.75) is 6.54 Å². The van der Waals surface area contributed by atoms with Gasteiger partial charge in [-0.1, -0.05) is 23.7 Å². The SMILES string of the molecule is O=C(NCc1ncn[nH]1)c1csc2nc(-c3ccc(Cl)cc3)cn12. The minimum atomic E-state index is -0.197. The average molecular weight is 359 g/mol. The quantitative estimate of drug-likeness (QED) is 0.587. The number of imidazole rings is 1. The van der Waals surface area contributed by atoms with Gasteiger partial charge in [0.2, 0.25) is 0 Å². The zero-order chi connectivity index (χ0) is 16.5. The number of hydrogen-bond donors (Lipinski definition) is 2. The minimum absolute atomic E-state index is 0.197. The van der Waals surface area contributed by atoms with Gasteiger partial charge < -0.3 is 5.32 Å². The molecule has 24 heavy (non-hydrogen) atoms. The molecule has 2 N–H and O–H groups in total. The molecule has 9 heteroatoms. The molecule has 0 saturated heterocycles. The van der Waals surface area contributed by atoms with Crippen LogP contribution >= 0.6 is 22.9 Å². The number of carbonyl (C=O) groups excluding carboxylic acids is 1. The van der Waals surface area contributed by atoms with Crippen molar-refractivity contribution in [2.24, 2.45) is 0 Å². The Labute approximate surface area is 145 Å². The molecule has 0 aliphatic rings. The topological polar surface area (TPSA) is 88.0 Å². The summed E-state index contributed by atoms with van der Waals surface area (Å²) in [6, 6.07) is 7.43. The summed E-state index contributed by atoms with van der Waals surface area (Å²) in [6.45, 7) is 0.287. The van der Waals surface area contributed by atoms with E-state index in [2.05, 4.69) is 25.5 Å². The fraction of sp³-hybridized carbons (Fsp3) is 0.0667. The first kappa shape index (κ1) is 14.9. The summed E-state index contributed by atoms with van der Waals surface area (Å²) in [6.07, 6.45) is 3.25. The summed E-state index contributed by atoms with van der Waals surface area (Å²) >= 11 is 7.33. The van der Waals surface area contributed by atoms with E-state index in [0.29, 0.717) is 16.5 Å². The molecule has 120 valence electrons. The molecule has 0 saturated carbocycles. The number of amides is 1. The maximum atomic E-state index is 12.4. The molecule has 0 unspecified atom stereocenters. The molecule has 0 bridgehead atoms. The van der Waals surface area contributed by atoms with Gasteiger partial charge in [0.25, 0.3) is 5.91 Å². The van der Waals surface area contributed by atoms with Crippen LogP contribution in [0.2, 0.25) is 5.02 Å². The average Bonchev–Trinajstić information content (AvgIpc) is 3.30. The molecule has 4 rings (SSSR count).